The molecule has 2 N–H and O–H groups in total. The van der Waals surface area contributed by atoms with E-state index in [9.17, 15) is 10.1 Å². The Morgan fingerprint density at radius 1 is 1.11 bits per heavy atom. The molecule has 2 aromatic rings. The van der Waals surface area contributed by atoms with E-state index in [2.05, 4.69) is 31.6 Å². The number of halogens is 1. The van der Waals surface area contributed by atoms with E-state index in [1.54, 1.807) is 19.2 Å². The van der Waals surface area contributed by atoms with E-state index >= 15 is 0 Å². The van der Waals surface area contributed by atoms with Crippen LogP contribution in [-0.2, 0) is 17.8 Å². The number of aliphatic imine (C=N–C) groups is 1. The lowest BCUT2D eigenvalue weighted by atomic mass is 10.2. The second-order valence-electron chi connectivity index (χ2n) is 5.84. The molecule has 0 fully saturated rings. The molecule has 0 heterocycles. The van der Waals surface area contributed by atoms with Crippen molar-refractivity contribution in [1.29, 1.82) is 0 Å². The molecular formula is C19H23BrN4O3. The van der Waals surface area contributed by atoms with Gasteiger partial charge in [0, 0.05) is 43.4 Å². The highest BCUT2D eigenvalue weighted by Crippen LogP contribution is 2.12. The van der Waals surface area contributed by atoms with Crippen molar-refractivity contribution in [2.45, 2.75) is 19.5 Å². The standard InChI is InChI=1S/C19H23BrN4O3/c1-27-12-2-11-21-19(22-13-15-3-7-17(20)8-4-15)23-14-16-5-9-18(10-6-16)24(25)26/h3-10H,2,11-14H2,1H3,(H2,21,22,23). The van der Waals surface area contributed by atoms with Crippen molar-refractivity contribution in [1.82, 2.24) is 10.6 Å². The van der Waals surface area contributed by atoms with E-state index in [-0.39, 0.29) is 5.69 Å². The van der Waals surface area contributed by atoms with Crippen molar-refractivity contribution in [2.75, 3.05) is 20.3 Å². The fraction of sp³-hybridized carbons (Fsp3) is 0.316. The first kappa shape index (κ1) is 20.9. The van der Waals surface area contributed by atoms with E-state index in [0.29, 0.717) is 25.7 Å². The van der Waals surface area contributed by atoms with Gasteiger partial charge in [-0.3, -0.25) is 10.1 Å². The van der Waals surface area contributed by atoms with Crippen LogP contribution in [-0.4, -0.2) is 31.1 Å². The zero-order valence-corrected chi connectivity index (χ0v) is 16.7. The lowest BCUT2D eigenvalue weighted by molar-refractivity contribution is -0.384. The van der Waals surface area contributed by atoms with Crippen molar-refractivity contribution in [3.05, 3.63) is 74.2 Å². The molecule has 0 spiro atoms. The summed E-state index contributed by atoms with van der Waals surface area (Å²) in [7, 11) is 1.68. The van der Waals surface area contributed by atoms with Crippen LogP contribution in [0.3, 0.4) is 0 Å². The van der Waals surface area contributed by atoms with Gasteiger partial charge in [0.1, 0.15) is 0 Å². The first-order chi connectivity index (χ1) is 13.1. The Balaban J connectivity index is 1.96. The number of ether oxygens (including phenoxy) is 1. The maximum Gasteiger partial charge on any atom is 0.269 e. The van der Waals surface area contributed by atoms with Crippen LogP contribution in [0, 0.1) is 10.1 Å². The number of guanidine groups is 1. The van der Waals surface area contributed by atoms with Crippen molar-refractivity contribution in [2.24, 2.45) is 4.99 Å². The predicted octanol–water partition coefficient (Wildman–Crippen LogP) is 3.63. The Labute approximate surface area is 167 Å². The summed E-state index contributed by atoms with van der Waals surface area (Å²) in [6.45, 7) is 2.48. The summed E-state index contributed by atoms with van der Waals surface area (Å²) in [5.74, 6) is 0.687. The quantitative estimate of drug-likeness (QED) is 0.207. The van der Waals surface area contributed by atoms with E-state index in [0.717, 1.165) is 28.6 Å². The SMILES string of the molecule is COCCCNC(=NCc1ccc(Br)cc1)NCc1ccc([N+](=O)[O-])cc1. The summed E-state index contributed by atoms with van der Waals surface area (Å²) in [6.07, 6.45) is 0.868. The van der Waals surface area contributed by atoms with Crippen LogP contribution in [0.1, 0.15) is 17.5 Å². The van der Waals surface area contributed by atoms with Gasteiger partial charge in [-0.25, -0.2) is 4.99 Å². The molecule has 0 amide bonds. The Morgan fingerprint density at radius 2 is 1.78 bits per heavy atom. The Hall–Kier alpha value is -2.45. The maximum atomic E-state index is 10.7. The van der Waals surface area contributed by atoms with Crippen molar-refractivity contribution in [3.8, 4) is 0 Å². The molecule has 144 valence electrons. The normalized spacial score (nSPS) is 11.3. The molecule has 0 aliphatic carbocycles. The minimum Gasteiger partial charge on any atom is -0.385 e. The van der Waals surface area contributed by atoms with Gasteiger partial charge < -0.3 is 15.4 Å². The molecule has 2 rings (SSSR count). The zero-order valence-electron chi connectivity index (χ0n) is 15.2. The summed E-state index contributed by atoms with van der Waals surface area (Å²) >= 11 is 3.42. The third-order valence-corrected chi connectivity index (χ3v) is 4.29. The third kappa shape index (κ3) is 7.76. The number of nitrogens with zero attached hydrogens (tertiary/aromatic N) is 2. The number of nitrogens with one attached hydrogen (secondary N) is 2. The van der Waals surface area contributed by atoms with Gasteiger partial charge in [-0.1, -0.05) is 40.2 Å². The fourth-order valence-electron chi connectivity index (χ4n) is 2.28. The summed E-state index contributed by atoms with van der Waals surface area (Å²) in [5.41, 5.74) is 2.13. The van der Waals surface area contributed by atoms with E-state index < -0.39 is 4.92 Å². The average Bonchev–Trinajstić information content (AvgIpc) is 2.68. The molecule has 2 aromatic carbocycles. The van der Waals surface area contributed by atoms with Gasteiger partial charge in [0.2, 0.25) is 0 Å². The third-order valence-electron chi connectivity index (χ3n) is 3.76. The molecule has 0 radical (unpaired) electrons. The van der Waals surface area contributed by atoms with Gasteiger partial charge in [0.15, 0.2) is 5.96 Å². The lowest BCUT2D eigenvalue weighted by Gasteiger charge is -2.13. The highest BCUT2D eigenvalue weighted by Gasteiger charge is 2.05. The van der Waals surface area contributed by atoms with Gasteiger partial charge in [-0.15, -0.1) is 0 Å². The molecule has 0 saturated heterocycles. The first-order valence-corrected chi connectivity index (χ1v) is 9.36. The van der Waals surface area contributed by atoms with Gasteiger partial charge in [-0.2, -0.15) is 0 Å². The number of hydrogen-bond donors (Lipinski definition) is 2. The number of methoxy groups -OCH3 is 1. The van der Waals surface area contributed by atoms with Crippen LogP contribution >= 0.6 is 15.9 Å². The van der Waals surface area contributed by atoms with Crippen molar-refractivity contribution in [3.63, 3.8) is 0 Å². The highest BCUT2D eigenvalue weighted by molar-refractivity contribution is 9.10. The maximum absolute atomic E-state index is 10.7. The Kier molecular flexibility index (Phi) is 8.73. The molecule has 0 aliphatic heterocycles. The van der Waals surface area contributed by atoms with Crippen LogP contribution in [0.2, 0.25) is 0 Å². The predicted molar refractivity (Wildman–Crippen MR) is 110 cm³/mol. The molecule has 0 bridgehead atoms. The van der Waals surface area contributed by atoms with E-state index in [4.69, 9.17) is 4.74 Å². The molecule has 0 atom stereocenters. The average molecular weight is 435 g/mol. The molecule has 0 aliphatic rings. The molecule has 0 aromatic heterocycles. The fourth-order valence-corrected chi connectivity index (χ4v) is 2.54. The zero-order chi connectivity index (χ0) is 19.5. The van der Waals surface area contributed by atoms with Crippen molar-refractivity contribution >= 4 is 27.6 Å². The number of hydrogen-bond acceptors (Lipinski definition) is 4. The van der Waals surface area contributed by atoms with E-state index in [1.165, 1.54) is 12.1 Å². The number of nitro groups is 1. The number of rotatable bonds is 9. The first-order valence-electron chi connectivity index (χ1n) is 8.57. The van der Waals surface area contributed by atoms with Gasteiger partial charge in [0.25, 0.3) is 5.69 Å². The summed E-state index contributed by atoms with van der Waals surface area (Å²) in [4.78, 5) is 14.9. The van der Waals surface area contributed by atoms with Gasteiger partial charge in [0.05, 0.1) is 11.5 Å². The molecule has 7 nitrogen and oxygen atoms in total. The van der Waals surface area contributed by atoms with E-state index in [1.807, 2.05) is 24.3 Å². The largest absolute Gasteiger partial charge is 0.385 e. The molecule has 27 heavy (non-hydrogen) atoms. The minimum absolute atomic E-state index is 0.0839. The van der Waals surface area contributed by atoms with Crippen LogP contribution in [0.4, 0.5) is 5.69 Å². The Bertz CT molecular complexity index is 749. The number of non-ortho nitro benzene ring substituents is 1. The van der Waals surface area contributed by atoms with Crippen LogP contribution in [0.15, 0.2) is 58.0 Å². The number of nitro benzene ring substituents is 1. The molecule has 0 saturated carbocycles. The van der Waals surface area contributed by atoms with Crippen LogP contribution < -0.4 is 10.6 Å². The van der Waals surface area contributed by atoms with Crippen LogP contribution in [0.25, 0.3) is 0 Å². The highest BCUT2D eigenvalue weighted by atomic mass is 79.9. The topological polar surface area (TPSA) is 88.8 Å². The molecule has 0 unspecified atom stereocenters. The Morgan fingerprint density at radius 3 is 2.41 bits per heavy atom. The molecular weight excluding hydrogens is 412 g/mol. The lowest BCUT2D eigenvalue weighted by Crippen LogP contribution is -2.37. The summed E-state index contributed by atoms with van der Waals surface area (Å²) in [6, 6.07) is 14.5. The van der Waals surface area contributed by atoms with Gasteiger partial charge in [-0.05, 0) is 29.7 Å². The monoisotopic (exact) mass is 434 g/mol. The van der Waals surface area contributed by atoms with Gasteiger partial charge >= 0.3 is 0 Å². The smallest absolute Gasteiger partial charge is 0.269 e. The second-order valence-corrected chi connectivity index (χ2v) is 6.76. The summed E-state index contributed by atoms with van der Waals surface area (Å²) < 4.78 is 6.10. The number of benzene rings is 2. The second kappa shape index (κ2) is 11.3. The molecule has 8 heteroatoms. The summed E-state index contributed by atoms with van der Waals surface area (Å²) in [5, 5.41) is 17.3. The van der Waals surface area contributed by atoms with Crippen LogP contribution in [0.5, 0.6) is 0 Å². The van der Waals surface area contributed by atoms with Crippen molar-refractivity contribution < 1.29 is 9.66 Å². The minimum atomic E-state index is -0.403.